The summed E-state index contributed by atoms with van der Waals surface area (Å²) in [6.07, 6.45) is 2.21. The van der Waals surface area contributed by atoms with Gasteiger partial charge in [-0.05, 0) is 30.7 Å². The SMILES string of the molecule is C=CC(=O)OCC(CC)(COC(=O)C=C)OC(=O)c1ccc(N)cc1. The van der Waals surface area contributed by atoms with Crippen molar-refractivity contribution in [2.75, 3.05) is 18.9 Å². The third kappa shape index (κ3) is 6.14. The van der Waals surface area contributed by atoms with Gasteiger partial charge in [0.2, 0.25) is 0 Å². The number of esters is 3. The maximum Gasteiger partial charge on any atom is 0.338 e. The van der Waals surface area contributed by atoms with Crippen LogP contribution in [0.15, 0.2) is 49.6 Å². The highest BCUT2D eigenvalue weighted by atomic mass is 16.6. The molecule has 0 aliphatic heterocycles. The number of hydrogen-bond acceptors (Lipinski definition) is 7. The topological polar surface area (TPSA) is 105 Å². The van der Waals surface area contributed by atoms with Crippen molar-refractivity contribution >= 4 is 23.6 Å². The second-order valence-electron chi connectivity index (χ2n) is 5.17. The molecule has 0 bridgehead atoms. The standard InChI is InChI=1S/C18H21NO6/c1-4-15(20)23-11-18(6-3,12-24-16(21)5-2)25-17(22)13-7-9-14(19)10-8-13/h4-5,7-10H,1-2,6,11-12,19H2,3H3. The van der Waals surface area contributed by atoms with Crippen LogP contribution in [0.2, 0.25) is 0 Å². The van der Waals surface area contributed by atoms with Crippen molar-refractivity contribution in [3.63, 3.8) is 0 Å². The molecule has 25 heavy (non-hydrogen) atoms. The van der Waals surface area contributed by atoms with E-state index in [1.165, 1.54) is 12.1 Å². The first-order chi connectivity index (χ1) is 11.9. The molecule has 0 aromatic heterocycles. The molecular formula is C18H21NO6. The molecule has 1 aromatic carbocycles. The van der Waals surface area contributed by atoms with Crippen LogP contribution in [0.4, 0.5) is 5.69 Å². The van der Waals surface area contributed by atoms with Gasteiger partial charge in [-0.2, -0.15) is 0 Å². The number of ether oxygens (including phenoxy) is 3. The second-order valence-corrected chi connectivity index (χ2v) is 5.17. The smallest absolute Gasteiger partial charge is 0.338 e. The van der Waals surface area contributed by atoms with Gasteiger partial charge in [0.25, 0.3) is 0 Å². The first-order valence-corrected chi connectivity index (χ1v) is 7.53. The third-order valence-corrected chi connectivity index (χ3v) is 3.39. The molecule has 0 atom stereocenters. The van der Waals surface area contributed by atoms with Crippen LogP contribution in [-0.4, -0.2) is 36.7 Å². The number of hydrogen-bond donors (Lipinski definition) is 1. The highest BCUT2D eigenvalue weighted by molar-refractivity contribution is 5.90. The maximum atomic E-state index is 12.4. The van der Waals surface area contributed by atoms with E-state index in [1.807, 2.05) is 0 Å². The molecule has 1 aromatic rings. The van der Waals surface area contributed by atoms with Gasteiger partial charge in [-0.3, -0.25) is 0 Å². The van der Waals surface area contributed by atoms with Crippen LogP contribution in [0.1, 0.15) is 23.7 Å². The summed E-state index contributed by atoms with van der Waals surface area (Å²) in [5.74, 6) is -2.03. The summed E-state index contributed by atoms with van der Waals surface area (Å²) in [7, 11) is 0. The van der Waals surface area contributed by atoms with E-state index in [0.717, 1.165) is 12.2 Å². The van der Waals surface area contributed by atoms with Gasteiger partial charge < -0.3 is 19.9 Å². The number of rotatable bonds is 9. The zero-order chi connectivity index (χ0) is 18.9. The number of anilines is 1. The molecule has 0 heterocycles. The Morgan fingerprint density at radius 3 is 1.92 bits per heavy atom. The van der Waals surface area contributed by atoms with Crippen LogP contribution in [0.3, 0.4) is 0 Å². The molecule has 0 saturated heterocycles. The molecule has 7 heteroatoms. The average molecular weight is 347 g/mol. The summed E-state index contributed by atoms with van der Waals surface area (Å²) in [6, 6.07) is 6.12. The Labute approximate surface area is 146 Å². The number of nitrogen functional groups attached to an aromatic ring is 1. The summed E-state index contributed by atoms with van der Waals surface area (Å²) >= 11 is 0. The van der Waals surface area contributed by atoms with Crippen LogP contribution in [-0.2, 0) is 23.8 Å². The van der Waals surface area contributed by atoms with Crippen molar-refractivity contribution in [2.24, 2.45) is 0 Å². The van der Waals surface area contributed by atoms with Gasteiger partial charge >= 0.3 is 17.9 Å². The molecule has 0 aliphatic rings. The van der Waals surface area contributed by atoms with Crippen LogP contribution in [0.5, 0.6) is 0 Å². The largest absolute Gasteiger partial charge is 0.458 e. The first-order valence-electron chi connectivity index (χ1n) is 7.53. The first kappa shape index (κ1) is 20.0. The van der Waals surface area contributed by atoms with Gasteiger partial charge in [0.05, 0.1) is 5.56 Å². The van der Waals surface area contributed by atoms with E-state index in [9.17, 15) is 14.4 Å². The van der Waals surface area contributed by atoms with Gasteiger partial charge in [-0.1, -0.05) is 20.1 Å². The van der Waals surface area contributed by atoms with Gasteiger partial charge in [0.1, 0.15) is 13.2 Å². The summed E-state index contributed by atoms with van der Waals surface area (Å²) in [5, 5.41) is 0. The summed E-state index contributed by atoms with van der Waals surface area (Å²) < 4.78 is 15.5. The van der Waals surface area contributed by atoms with Crippen LogP contribution >= 0.6 is 0 Å². The van der Waals surface area contributed by atoms with E-state index in [1.54, 1.807) is 19.1 Å². The van der Waals surface area contributed by atoms with Gasteiger partial charge in [0, 0.05) is 17.8 Å². The lowest BCUT2D eigenvalue weighted by Gasteiger charge is -2.31. The molecule has 1 rings (SSSR count). The highest BCUT2D eigenvalue weighted by Crippen LogP contribution is 2.21. The number of benzene rings is 1. The highest BCUT2D eigenvalue weighted by Gasteiger charge is 2.36. The molecule has 0 aliphatic carbocycles. The molecule has 0 radical (unpaired) electrons. The minimum Gasteiger partial charge on any atom is -0.458 e. The Morgan fingerprint density at radius 2 is 1.52 bits per heavy atom. The van der Waals surface area contributed by atoms with Crippen molar-refractivity contribution in [1.82, 2.24) is 0 Å². The molecule has 7 nitrogen and oxygen atoms in total. The van der Waals surface area contributed by atoms with Crippen molar-refractivity contribution in [1.29, 1.82) is 0 Å². The lowest BCUT2D eigenvalue weighted by atomic mass is 10.0. The Morgan fingerprint density at radius 1 is 1.04 bits per heavy atom. The molecule has 0 saturated carbocycles. The fraction of sp³-hybridized carbons (Fsp3) is 0.278. The van der Waals surface area contributed by atoms with E-state index in [0.29, 0.717) is 5.69 Å². The van der Waals surface area contributed by atoms with E-state index in [2.05, 4.69) is 13.2 Å². The van der Waals surface area contributed by atoms with Gasteiger partial charge in [-0.15, -0.1) is 0 Å². The predicted molar refractivity (Wildman–Crippen MR) is 91.6 cm³/mol. The quantitative estimate of drug-likeness (QED) is 0.315. The fourth-order valence-corrected chi connectivity index (χ4v) is 1.77. The average Bonchev–Trinajstić information content (AvgIpc) is 2.63. The van der Waals surface area contributed by atoms with Crippen molar-refractivity contribution < 1.29 is 28.6 Å². The minimum absolute atomic E-state index is 0.239. The Balaban J connectivity index is 2.96. The van der Waals surface area contributed by atoms with Crippen LogP contribution in [0.25, 0.3) is 0 Å². The van der Waals surface area contributed by atoms with E-state index < -0.39 is 23.5 Å². The molecule has 0 amide bonds. The Bertz CT molecular complexity index is 626. The number of nitrogens with two attached hydrogens (primary N) is 1. The molecule has 2 N–H and O–H groups in total. The molecule has 0 unspecified atom stereocenters. The maximum absolute atomic E-state index is 12.4. The monoisotopic (exact) mass is 347 g/mol. The third-order valence-electron chi connectivity index (χ3n) is 3.39. The van der Waals surface area contributed by atoms with E-state index in [4.69, 9.17) is 19.9 Å². The number of carbonyl (C=O) groups excluding carboxylic acids is 3. The van der Waals surface area contributed by atoms with Crippen molar-refractivity contribution in [3.8, 4) is 0 Å². The lowest BCUT2D eigenvalue weighted by Crippen LogP contribution is -2.45. The van der Waals surface area contributed by atoms with Gasteiger partial charge in [0.15, 0.2) is 5.60 Å². The normalized spacial score (nSPS) is 10.4. The van der Waals surface area contributed by atoms with Crippen molar-refractivity contribution in [2.45, 2.75) is 18.9 Å². The zero-order valence-electron chi connectivity index (χ0n) is 14.0. The minimum atomic E-state index is -1.34. The lowest BCUT2D eigenvalue weighted by molar-refractivity contribution is -0.158. The summed E-state index contributed by atoms with van der Waals surface area (Å²) in [5.41, 5.74) is 5.01. The van der Waals surface area contributed by atoms with Crippen LogP contribution in [0, 0.1) is 0 Å². The van der Waals surface area contributed by atoms with E-state index >= 15 is 0 Å². The van der Waals surface area contributed by atoms with Gasteiger partial charge in [-0.25, -0.2) is 14.4 Å². The van der Waals surface area contributed by atoms with E-state index in [-0.39, 0.29) is 25.2 Å². The zero-order valence-corrected chi connectivity index (χ0v) is 14.0. The molecular weight excluding hydrogens is 326 g/mol. The van der Waals surface area contributed by atoms with Crippen molar-refractivity contribution in [3.05, 3.63) is 55.1 Å². The number of carbonyl (C=O) groups is 3. The molecule has 134 valence electrons. The fourth-order valence-electron chi connectivity index (χ4n) is 1.77. The summed E-state index contributed by atoms with van der Waals surface area (Å²) in [6.45, 7) is 7.72. The Hall–Kier alpha value is -3.09. The molecule has 0 fully saturated rings. The Kier molecular flexibility index (Phi) is 7.40. The predicted octanol–water partition coefficient (Wildman–Crippen LogP) is 2.03. The second kappa shape index (κ2) is 9.27. The van der Waals surface area contributed by atoms with Crippen LogP contribution < -0.4 is 5.73 Å². The molecule has 0 spiro atoms. The summed E-state index contributed by atoms with van der Waals surface area (Å²) in [4.78, 5) is 35.1.